The quantitative estimate of drug-likeness (QED) is 0.832. The molecule has 7 heteroatoms. The number of rotatable bonds is 5. The van der Waals surface area contributed by atoms with Gasteiger partial charge in [-0.25, -0.2) is 8.42 Å². The average molecular weight is 334 g/mol. The smallest absolute Gasteiger partial charge is 0.217 e. The first-order valence-corrected chi connectivity index (χ1v) is 9.11. The summed E-state index contributed by atoms with van der Waals surface area (Å²) in [5.74, 6) is 0.606. The number of aromatic nitrogens is 2. The number of sulfone groups is 1. The van der Waals surface area contributed by atoms with Gasteiger partial charge in [0, 0.05) is 26.2 Å². The summed E-state index contributed by atoms with van der Waals surface area (Å²) in [6.45, 7) is 1.66. The lowest BCUT2D eigenvalue weighted by Gasteiger charge is -2.21. The fourth-order valence-corrected chi connectivity index (χ4v) is 5.05. The third kappa shape index (κ3) is 3.34. The normalized spacial score (nSPS) is 19.9. The molecule has 0 N–H and O–H groups in total. The van der Waals surface area contributed by atoms with Crippen molar-refractivity contribution in [2.24, 2.45) is 5.92 Å². The van der Waals surface area contributed by atoms with E-state index in [0.29, 0.717) is 31.0 Å². The molecule has 2 atom stereocenters. The highest BCUT2D eigenvalue weighted by Gasteiger charge is 2.39. The molecule has 0 saturated heterocycles. The molecule has 1 aromatic heterocycles. The molecular formula is C16H18N2O4S. The van der Waals surface area contributed by atoms with E-state index in [9.17, 15) is 13.2 Å². The molecule has 3 rings (SSSR count). The second-order valence-corrected chi connectivity index (χ2v) is 8.02. The van der Waals surface area contributed by atoms with E-state index in [0.717, 1.165) is 0 Å². The molecule has 0 bridgehead atoms. The molecule has 0 aliphatic heterocycles. The number of carbonyl (C=O) groups excluding carboxylic acids is 1. The van der Waals surface area contributed by atoms with Gasteiger partial charge in [0.1, 0.15) is 5.78 Å². The van der Waals surface area contributed by atoms with Crippen LogP contribution >= 0.6 is 0 Å². The molecule has 1 aliphatic carbocycles. The fraction of sp³-hybridized carbons (Fsp3) is 0.438. The van der Waals surface area contributed by atoms with Crippen molar-refractivity contribution >= 4 is 15.6 Å². The van der Waals surface area contributed by atoms with Crippen molar-refractivity contribution < 1.29 is 17.6 Å². The van der Waals surface area contributed by atoms with Crippen LogP contribution in [0.4, 0.5) is 0 Å². The Morgan fingerprint density at radius 1 is 1.26 bits per heavy atom. The number of carbonyl (C=O) groups is 1. The second kappa shape index (κ2) is 6.23. The van der Waals surface area contributed by atoms with Crippen molar-refractivity contribution in [1.82, 2.24) is 10.2 Å². The number of Topliss-reactive ketones (excluding diaryl/α,β-unsaturated/α-hetero) is 1. The van der Waals surface area contributed by atoms with E-state index >= 15 is 0 Å². The first kappa shape index (κ1) is 15.9. The third-order valence-corrected chi connectivity index (χ3v) is 6.50. The summed E-state index contributed by atoms with van der Waals surface area (Å²) in [6.07, 6.45) is 1.46. The number of aryl methyl sites for hydroxylation is 1. The topological polar surface area (TPSA) is 90.1 Å². The van der Waals surface area contributed by atoms with Gasteiger partial charge in [-0.05, 0) is 24.5 Å². The van der Waals surface area contributed by atoms with Gasteiger partial charge in [0.05, 0.1) is 10.1 Å². The van der Waals surface area contributed by atoms with Crippen molar-refractivity contribution in [1.29, 1.82) is 0 Å². The van der Waals surface area contributed by atoms with Gasteiger partial charge in [-0.15, -0.1) is 10.2 Å². The predicted molar refractivity (Wildman–Crippen MR) is 82.5 cm³/mol. The van der Waals surface area contributed by atoms with Crippen LogP contribution < -0.4 is 0 Å². The SMILES string of the molecule is Cc1nnc(CC(C2CCC(=O)C2)S(=O)(=O)c2ccccc2)o1. The van der Waals surface area contributed by atoms with Gasteiger partial charge < -0.3 is 4.42 Å². The van der Waals surface area contributed by atoms with E-state index in [1.165, 1.54) is 0 Å². The number of ketones is 1. The molecule has 0 amide bonds. The summed E-state index contributed by atoms with van der Waals surface area (Å²) in [5.41, 5.74) is 0. The maximum atomic E-state index is 13.0. The van der Waals surface area contributed by atoms with E-state index in [4.69, 9.17) is 4.42 Å². The Kier molecular flexibility index (Phi) is 4.30. The number of benzene rings is 1. The zero-order valence-electron chi connectivity index (χ0n) is 12.8. The molecule has 6 nitrogen and oxygen atoms in total. The van der Waals surface area contributed by atoms with E-state index in [1.807, 2.05) is 0 Å². The van der Waals surface area contributed by atoms with Gasteiger partial charge in [0.25, 0.3) is 0 Å². The monoisotopic (exact) mass is 334 g/mol. The molecule has 2 aromatic rings. The molecule has 1 aliphatic rings. The summed E-state index contributed by atoms with van der Waals surface area (Å²) in [4.78, 5) is 11.9. The highest BCUT2D eigenvalue weighted by Crippen LogP contribution is 2.33. The Hall–Kier alpha value is -2.02. The summed E-state index contributed by atoms with van der Waals surface area (Å²) in [6, 6.07) is 8.33. The molecule has 23 heavy (non-hydrogen) atoms. The van der Waals surface area contributed by atoms with E-state index < -0.39 is 15.1 Å². The fourth-order valence-electron chi connectivity index (χ4n) is 3.07. The molecule has 0 radical (unpaired) electrons. The van der Waals surface area contributed by atoms with Crippen molar-refractivity contribution in [3.63, 3.8) is 0 Å². The molecule has 1 heterocycles. The first-order chi connectivity index (χ1) is 11.0. The van der Waals surface area contributed by atoms with Gasteiger partial charge in [0.15, 0.2) is 9.84 Å². The predicted octanol–water partition coefficient (Wildman–Crippen LogP) is 2.13. The van der Waals surface area contributed by atoms with Gasteiger partial charge >= 0.3 is 0 Å². The van der Waals surface area contributed by atoms with Crippen LogP contribution in [0.2, 0.25) is 0 Å². The van der Waals surface area contributed by atoms with Gasteiger partial charge in [0.2, 0.25) is 11.8 Å². The maximum absolute atomic E-state index is 13.0. The van der Waals surface area contributed by atoms with Gasteiger partial charge in [-0.2, -0.15) is 0 Å². The molecule has 1 aromatic carbocycles. The van der Waals surface area contributed by atoms with Crippen LogP contribution in [0.1, 0.15) is 31.0 Å². The highest BCUT2D eigenvalue weighted by atomic mass is 32.2. The van der Waals surface area contributed by atoms with Crippen molar-refractivity contribution in [2.45, 2.75) is 42.8 Å². The number of nitrogens with zero attached hydrogens (tertiary/aromatic N) is 2. The van der Waals surface area contributed by atoms with Crippen LogP contribution in [0.3, 0.4) is 0 Å². The van der Waals surface area contributed by atoms with E-state index in [1.54, 1.807) is 37.3 Å². The van der Waals surface area contributed by atoms with Crippen molar-refractivity contribution in [3.05, 3.63) is 42.1 Å². The summed E-state index contributed by atoms with van der Waals surface area (Å²) in [7, 11) is -3.58. The number of hydrogen-bond donors (Lipinski definition) is 0. The van der Waals surface area contributed by atoms with Crippen molar-refractivity contribution in [3.8, 4) is 0 Å². The number of hydrogen-bond acceptors (Lipinski definition) is 6. The van der Waals surface area contributed by atoms with Crippen LogP contribution in [0, 0.1) is 12.8 Å². The molecule has 0 spiro atoms. The molecule has 2 unspecified atom stereocenters. The zero-order chi connectivity index (χ0) is 16.4. The zero-order valence-corrected chi connectivity index (χ0v) is 13.6. The van der Waals surface area contributed by atoms with Crippen LogP contribution in [0.25, 0.3) is 0 Å². The molecule has 122 valence electrons. The van der Waals surface area contributed by atoms with E-state index in [-0.39, 0.29) is 23.0 Å². The van der Waals surface area contributed by atoms with E-state index in [2.05, 4.69) is 10.2 Å². The lowest BCUT2D eigenvalue weighted by atomic mass is 10.0. The standard InChI is InChI=1S/C16H18N2O4S/c1-11-17-18-16(22-11)10-15(12-7-8-13(19)9-12)23(20,21)14-5-3-2-4-6-14/h2-6,12,15H,7-10H2,1H3. The van der Waals surface area contributed by atoms with Gasteiger partial charge in [-0.3, -0.25) is 4.79 Å². The van der Waals surface area contributed by atoms with Crippen LogP contribution in [0.5, 0.6) is 0 Å². The largest absolute Gasteiger partial charge is 0.426 e. The molecular weight excluding hydrogens is 316 g/mol. The average Bonchev–Trinajstić information content (AvgIpc) is 3.14. The Labute approximate surface area is 134 Å². The van der Waals surface area contributed by atoms with Crippen LogP contribution in [-0.4, -0.2) is 29.6 Å². The third-order valence-electron chi connectivity index (χ3n) is 4.22. The minimum Gasteiger partial charge on any atom is -0.426 e. The van der Waals surface area contributed by atoms with Crippen LogP contribution in [-0.2, 0) is 21.1 Å². The second-order valence-electron chi connectivity index (χ2n) is 5.86. The first-order valence-electron chi connectivity index (χ1n) is 7.56. The Balaban J connectivity index is 1.95. The Bertz CT molecular complexity index is 798. The Morgan fingerprint density at radius 3 is 2.57 bits per heavy atom. The lowest BCUT2D eigenvalue weighted by molar-refractivity contribution is -0.117. The highest BCUT2D eigenvalue weighted by molar-refractivity contribution is 7.92. The Morgan fingerprint density at radius 2 is 2.00 bits per heavy atom. The summed E-state index contributed by atoms with van der Waals surface area (Å²) in [5, 5.41) is 6.95. The summed E-state index contributed by atoms with van der Waals surface area (Å²) < 4.78 is 31.4. The minimum atomic E-state index is -3.58. The van der Waals surface area contributed by atoms with Gasteiger partial charge in [-0.1, -0.05) is 18.2 Å². The van der Waals surface area contributed by atoms with Crippen LogP contribution in [0.15, 0.2) is 39.6 Å². The lowest BCUT2D eigenvalue weighted by Crippen LogP contribution is -2.31. The maximum Gasteiger partial charge on any atom is 0.217 e. The molecule has 1 fully saturated rings. The summed E-state index contributed by atoms with van der Waals surface area (Å²) >= 11 is 0. The molecule has 1 saturated carbocycles. The van der Waals surface area contributed by atoms with Crippen molar-refractivity contribution in [2.75, 3.05) is 0 Å². The minimum absolute atomic E-state index is 0.116.